The van der Waals surface area contributed by atoms with Gasteiger partial charge in [-0.15, -0.1) is 0 Å². The summed E-state index contributed by atoms with van der Waals surface area (Å²) >= 11 is 0. The molecule has 0 spiro atoms. The SMILES string of the molecule is NC1CCCC1.O=C(O)CC(=O)O. The third kappa shape index (κ3) is 8.81. The van der Waals surface area contributed by atoms with E-state index in [4.69, 9.17) is 15.9 Å². The Bertz CT molecular complexity index is 163. The molecule has 0 unspecified atom stereocenters. The van der Waals surface area contributed by atoms with Gasteiger partial charge in [-0.1, -0.05) is 12.8 Å². The van der Waals surface area contributed by atoms with Gasteiger partial charge in [0.05, 0.1) is 0 Å². The fraction of sp³-hybridized carbons (Fsp3) is 0.750. The molecule has 0 bridgehead atoms. The Hall–Kier alpha value is -1.10. The second kappa shape index (κ2) is 6.42. The van der Waals surface area contributed by atoms with Crippen molar-refractivity contribution >= 4 is 11.9 Å². The number of carboxylic acids is 2. The van der Waals surface area contributed by atoms with Crippen LogP contribution in [-0.2, 0) is 9.59 Å². The van der Waals surface area contributed by atoms with E-state index in [0.717, 1.165) is 0 Å². The van der Waals surface area contributed by atoms with Gasteiger partial charge in [0.2, 0.25) is 0 Å². The lowest BCUT2D eigenvalue weighted by molar-refractivity contribution is -0.147. The standard InChI is InChI=1S/C5H11N.C3H4O4/c6-5-3-1-2-4-5;4-2(5)1-3(6)7/h5H,1-4,6H2;1H2,(H,4,5)(H,6,7). The van der Waals surface area contributed by atoms with Crippen molar-refractivity contribution in [2.45, 2.75) is 38.1 Å². The van der Waals surface area contributed by atoms with Crippen LogP contribution in [-0.4, -0.2) is 28.2 Å². The molecule has 1 aliphatic rings. The second-order valence-electron chi connectivity index (χ2n) is 3.01. The summed E-state index contributed by atoms with van der Waals surface area (Å²) in [5.74, 6) is -2.62. The van der Waals surface area contributed by atoms with Gasteiger partial charge >= 0.3 is 11.9 Å². The molecule has 0 radical (unpaired) electrons. The van der Waals surface area contributed by atoms with Crippen LogP contribution in [0.4, 0.5) is 0 Å². The van der Waals surface area contributed by atoms with Crippen molar-refractivity contribution in [3.63, 3.8) is 0 Å². The molecule has 1 aliphatic carbocycles. The molecule has 0 amide bonds. The van der Waals surface area contributed by atoms with Crippen LogP contribution < -0.4 is 5.73 Å². The predicted molar refractivity (Wildman–Crippen MR) is 46.3 cm³/mol. The van der Waals surface area contributed by atoms with Gasteiger partial charge in [-0.25, -0.2) is 0 Å². The maximum absolute atomic E-state index is 9.43. The Morgan fingerprint density at radius 2 is 1.54 bits per heavy atom. The third-order valence-corrected chi connectivity index (χ3v) is 1.70. The summed E-state index contributed by atoms with van der Waals surface area (Å²) in [6, 6.07) is 0.546. The Morgan fingerprint density at radius 1 is 1.15 bits per heavy atom. The van der Waals surface area contributed by atoms with Gasteiger partial charge in [0.1, 0.15) is 6.42 Å². The summed E-state index contributed by atoms with van der Waals surface area (Å²) in [6.07, 6.45) is 4.45. The van der Waals surface area contributed by atoms with Crippen molar-refractivity contribution in [2.24, 2.45) is 5.73 Å². The zero-order valence-corrected chi connectivity index (χ0v) is 7.40. The van der Waals surface area contributed by atoms with Crippen molar-refractivity contribution in [2.75, 3.05) is 0 Å². The number of hydrogen-bond donors (Lipinski definition) is 3. The fourth-order valence-electron chi connectivity index (χ4n) is 1.09. The molecule has 0 aromatic carbocycles. The van der Waals surface area contributed by atoms with Crippen LogP contribution in [0.3, 0.4) is 0 Å². The minimum Gasteiger partial charge on any atom is -0.481 e. The van der Waals surface area contributed by atoms with Gasteiger partial charge < -0.3 is 15.9 Å². The predicted octanol–water partition coefficient (Wildman–Crippen LogP) is 0.433. The molecule has 0 atom stereocenters. The van der Waals surface area contributed by atoms with Crippen molar-refractivity contribution < 1.29 is 19.8 Å². The Morgan fingerprint density at radius 3 is 1.62 bits per heavy atom. The first-order valence-electron chi connectivity index (χ1n) is 4.21. The molecule has 0 heterocycles. The van der Waals surface area contributed by atoms with Crippen LogP contribution in [0, 0.1) is 0 Å². The molecule has 1 rings (SSSR count). The van der Waals surface area contributed by atoms with Crippen LogP contribution in [0.5, 0.6) is 0 Å². The molecule has 1 saturated carbocycles. The van der Waals surface area contributed by atoms with E-state index in [1.165, 1.54) is 25.7 Å². The van der Waals surface area contributed by atoms with Crippen molar-refractivity contribution in [3.05, 3.63) is 0 Å². The highest BCUT2D eigenvalue weighted by atomic mass is 16.4. The maximum Gasteiger partial charge on any atom is 0.314 e. The molecule has 0 aliphatic heterocycles. The Balaban J connectivity index is 0.000000223. The van der Waals surface area contributed by atoms with Gasteiger partial charge in [-0.3, -0.25) is 9.59 Å². The van der Waals surface area contributed by atoms with E-state index in [1.54, 1.807) is 0 Å². The summed E-state index contributed by atoms with van der Waals surface area (Å²) in [4.78, 5) is 18.9. The van der Waals surface area contributed by atoms with Gasteiger partial charge in [0.25, 0.3) is 0 Å². The fourth-order valence-corrected chi connectivity index (χ4v) is 1.09. The maximum atomic E-state index is 9.43. The molecule has 1 fully saturated rings. The number of nitrogens with two attached hydrogens (primary N) is 1. The molecule has 5 heteroatoms. The lowest BCUT2D eigenvalue weighted by Crippen LogP contribution is -2.13. The van der Waals surface area contributed by atoms with Crippen molar-refractivity contribution in [1.29, 1.82) is 0 Å². The average Bonchev–Trinajstić information content (AvgIpc) is 2.37. The summed E-state index contributed by atoms with van der Waals surface area (Å²) in [6.45, 7) is 0. The smallest absolute Gasteiger partial charge is 0.314 e. The zero-order chi connectivity index (χ0) is 10.3. The highest BCUT2D eigenvalue weighted by molar-refractivity contribution is 5.88. The second-order valence-corrected chi connectivity index (χ2v) is 3.01. The largest absolute Gasteiger partial charge is 0.481 e. The molecule has 5 nitrogen and oxygen atoms in total. The number of carboxylic acid groups (broad SMARTS) is 2. The number of hydrogen-bond acceptors (Lipinski definition) is 3. The van der Waals surface area contributed by atoms with Gasteiger partial charge in [-0.05, 0) is 12.8 Å². The molecular formula is C8H15NO4. The van der Waals surface area contributed by atoms with Crippen LogP contribution in [0.1, 0.15) is 32.1 Å². The molecule has 0 aromatic heterocycles. The van der Waals surface area contributed by atoms with Gasteiger partial charge in [0, 0.05) is 6.04 Å². The van der Waals surface area contributed by atoms with E-state index < -0.39 is 18.4 Å². The van der Waals surface area contributed by atoms with E-state index >= 15 is 0 Å². The van der Waals surface area contributed by atoms with E-state index in [0.29, 0.717) is 6.04 Å². The first kappa shape index (κ1) is 11.9. The number of aliphatic carboxylic acids is 2. The molecule has 0 aromatic rings. The topological polar surface area (TPSA) is 101 Å². The highest BCUT2D eigenvalue weighted by Gasteiger charge is 2.07. The lowest BCUT2D eigenvalue weighted by atomic mass is 10.3. The van der Waals surface area contributed by atoms with E-state index in [2.05, 4.69) is 0 Å². The normalized spacial score (nSPS) is 16.1. The molecule has 76 valence electrons. The molecule has 4 N–H and O–H groups in total. The van der Waals surface area contributed by atoms with Crippen LogP contribution >= 0.6 is 0 Å². The highest BCUT2D eigenvalue weighted by Crippen LogP contribution is 2.14. The zero-order valence-electron chi connectivity index (χ0n) is 7.40. The first-order chi connectivity index (χ1) is 6.02. The summed E-state index contributed by atoms with van der Waals surface area (Å²) in [7, 11) is 0. The van der Waals surface area contributed by atoms with Crippen LogP contribution in [0.25, 0.3) is 0 Å². The van der Waals surface area contributed by atoms with E-state index in [-0.39, 0.29) is 0 Å². The monoisotopic (exact) mass is 189 g/mol. The van der Waals surface area contributed by atoms with Crippen LogP contribution in [0.15, 0.2) is 0 Å². The lowest BCUT2D eigenvalue weighted by Gasteiger charge is -1.92. The van der Waals surface area contributed by atoms with E-state index in [1.807, 2.05) is 0 Å². The first-order valence-corrected chi connectivity index (χ1v) is 4.21. The molecule has 13 heavy (non-hydrogen) atoms. The molecular weight excluding hydrogens is 174 g/mol. The summed E-state index contributed by atoms with van der Waals surface area (Å²) < 4.78 is 0. The molecule has 0 saturated heterocycles. The summed E-state index contributed by atoms with van der Waals surface area (Å²) in [5, 5.41) is 15.4. The Kier molecular flexibility index (Phi) is 5.88. The minimum absolute atomic E-state index is 0.546. The average molecular weight is 189 g/mol. The minimum atomic E-state index is -1.31. The number of rotatable bonds is 2. The Labute approximate surface area is 76.5 Å². The van der Waals surface area contributed by atoms with Crippen molar-refractivity contribution in [3.8, 4) is 0 Å². The quantitative estimate of drug-likeness (QED) is 0.547. The van der Waals surface area contributed by atoms with Crippen LogP contribution in [0.2, 0.25) is 0 Å². The summed E-state index contributed by atoms with van der Waals surface area (Å²) in [5.41, 5.74) is 5.53. The van der Waals surface area contributed by atoms with E-state index in [9.17, 15) is 9.59 Å². The number of carbonyl (C=O) groups is 2. The van der Waals surface area contributed by atoms with Crippen molar-refractivity contribution in [1.82, 2.24) is 0 Å². The van der Waals surface area contributed by atoms with Gasteiger partial charge in [-0.2, -0.15) is 0 Å². The van der Waals surface area contributed by atoms with Gasteiger partial charge in [0.15, 0.2) is 0 Å². The third-order valence-electron chi connectivity index (χ3n) is 1.70.